The van der Waals surface area contributed by atoms with E-state index in [9.17, 15) is 0 Å². The van der Waals surface area contributed by atoms with Crippen molar-refractivity contribution in [3.8, 4) is 0 Å². The summed E-state index contributed by atoms with van der Waals surface area (Å²) in [7, 11) is 0. The fraction of sp³-hybridized carbons (Fsp3) is 0.810. The Morgan fingerprint density at radius 3 is 2.05 bits per heavy atom. The van der Waals surface area contributed by atoms with Crippen molar-refractivity contribution in [3.63, 3.8) is 0 Å². The standard InChI is InChI=1S/C21H39N/c1-6-12-21(13-7-2)18(4)16-20(8-3)19(5)17-22-14-10-9-11-15-22/h16,21H,6-15,17H2,1-5H3/b18-16+,20-19+. The molecule has 0 N–H and O–H groups in total. The lowest BCUT2D eigenvalue weighted by Crippen LogP contribution is -2.31. The maximum absolute atomic E-state index is 2.65. The highest BCUT2D eigenvalue weighted by molar-refractivity contribution is 5.29. The fourth-order valence-corrected chi connectivity index (χ4v) is 3.77. The number of allylic oxidation sites excluding steroid dienone is 3. The number of likely N-dealkylation sites (tertiary alicyclic amines) is 1. The molecule has 0 aromatic heterocycles. The van der Waals surface area contributed by atoms with Gasteiger partial charge in [0.25, 0.3) is 0 Å². The summed E-state index contributed by atoms with van der Waals surface area (Å²) < 4.78 is 0. The minimum absolute atomic E-state index is 0.791. The minimum Gasteiger partial charge on any atom is -0.299 e. The van der Waals surface area contributed by atoms with E-state index in [1.165, 1.54) is 71.0 Å². The van der Waals surface area contributed by atoms with Gasteiger partial charge in [0.2, 0.25) is 0 Å². The van der Waals surface area contributed by atoms with Gasteiger partial charge < -0.3 is 0 Å². The summed E-state index contributed by atoms with van der Waals surface area (Å²) in [5.74, 6) is 0.791. The van der Waals surface area contributed by atoms with E-state index < -0.39 is 0 Å². The van der Waals surface area contributed by atoms with E-state index in [2.05, 4.69) is 45.6 Å². The van der Waals surface area contributed by atoms with Crippen LogP contribution in [-0.4, -0.2) is 24.5 Å². The third-order valence-corrected chi connectivity index (χ3v) is 5.16. The van der Waals surface area contributed by atoms with E-state index in [4.69, 9.17) is 0 Å². The largest absolute Gasteiger partial charge is 0.299 e. The van der Waals surface area contributed by atoms with Crippen molar-refractivity contribution in [2.24, 2.45) is 5.92 Å². The van der Waals surface area contributed by atoms with Crippen molar-refractivity contribution in [3.05, 3.63) is 22.8 Å². The molecule has 0 atom stereocenters. The van der Waals surface area contributed by atoms with Gasteiger partial charge in [-0.2, -0.15) is 0 Å². The number of rotatable bonds is 9. The van der Waals surface area contributed by atoms with Crippen LogP contribution in [0, 0.1) is 5.92 Å². The van der Waals surface area contributed by atoms with Crippen LogP contribution in [0.3, 0.4) is 0 Å². The van der Waals surface area contributed by atoms with Crippen LogP contribution in [0.25, 0.3) is 0 Å². The molecule has 1 nitrogen and oxygen atoms in total. The molecular formula is C21H39N. The first-order valence-corrected chi connectivity index (χ1v) is 9.71. The van der Waals surface area contributed by atoms with Gasteiger partial charge in [-0.05, 0) is 70.5 Å². The molecule has 0 aliphatic carbocycles. The quantitative estimate of drug-likeness (QED) is 0.448. The monoisotopic (exact) mass is 305 g/mol. The summed E-state index contributed by atoms with van der Waals surface area (Å²) in [6, 6.07) is 0. The summed E-state index contributed by atoms with van der Waals surface area (Å²) in [5.41, 5.74) is 4.79. The Balaban J connectivity index is 2.77. The molecule has 0 unspecified atom stereocenters. The van der Waals surface area contributed by atoms with Crippen LogP contribution in [0.4, 0.5) is 0 Å². The molecule has 0 saturated carbocycles. The van der Waals surface area contributed by atoms with Crippen molar-refractivity contribution in [2.75, 3.05) is 19.6 Å². The average molecular weight is 306 g/mol. The van der Waals surface area contributed by atoms with Crippen LogP contribution in [0.15, 0.2) is 22.8 Å². The van der Waals surface area contributed by atoms with E-state index in [0.29, 0.717) is 0 Å². The van der Waals surface area contributed by atoms with E-state index in [-0.39, 0.29) is 0 Å². The zero-order valence-corrected chi connectivity index (χ0v) is 15.9. The summed E-state index contributed by atoms with van der Waals surface area (Å²) in [4.78, 5) is 2.65. The van der Waals surface area contributed by atoms with Gasteiger partial charge in [-0.3, -0.25) is 4.90 Å². The first-order valence-electron chi connectivity index (χ1n) is 9.71. The number of piperidine rings is 1. The lowest BCUT2D eigenvalue weighted by atomic mass is 9.89. The third-order valence-electron chi connectivity index (χ3n) is 5.16. The predicted octanol–water partition coefficient (Wildman–Crippen LogP) is 6.36. The average Bonchev–Trinajstić information content (AvgIpc) is 2.53. The Kier molecular flexibility index (Phi) is 9.79. The van der Waals surface area contributed by atoms with Crippen LogP contribution in [-0.2, 0) is 0 Å². The Morgan fingerprint density at radius 1 is 0.955 bits per heavy atom. The van der Waals surface area contributed by atoms with Crippen LogP contribution >= 0.6 is 0 Å². The molecule has 1 saturated heterocycles. The Labute approximate surface area is 139 Å². The van der Waals surface area contributed by atoms with E-state index in [0.717, 1.165) is 5.92 Å². The molecule has 0 aromatic rings. The van der Waals surface area contributed by atoms with Crippen molar-refractivity contribution in [2.45, 2.75) is 86.0 Å². The molecule has 1 heteroatoms. The SMILES string of the molecule is CCCC(CCC)/C(C)=C/C(CC)=C(\C)CN1CCCCC1. The van der Waals surface area contributed by atoms with Gasteiger partial charge in [-0.15, -0.1) is 0 Å². The molecule has 22 heavy (non-hydrogen) atoms. The smallest absolute Gasteiger partial charge is 0.0195 e. The molecule has 1 aliphatic rings. The minimum atomic E-state index is 0.791. The highest BCUT2D eigenvalue weighted by Gasteiger charge is 2.13. The second kappa shape index (κ2) is 11.0. The van der Waals surface area contributed by atoms with Gasteiger partial charge in [0.1, 0.15) is 0 Å². The summed E-state index contributed by atoms with van der Waals surface area (Å²) in [6.07, 6.45) is 13.2. The van der Waals surface area contributed by atoms with Crippen LogP contribution in [0.1, 0.15) is 86.0 Å². The highest BCUT2D eigenvalue weighted by atomic mass is 15.1. The van der Waals surface area contributed by atoms with Crippen molar-refractivity contribution >= 4 is 0 Å². The number of hydrogen-bond donors (Lipinski definition) is 0. The van der Waals surface area contributed by atoms with E-state index in [1.54, 1.807) is 16.7 Å². The maximum Gasteiger partial charge on any atom is 0.0195 e. The molecule has 0 amide bonds. The second-order valence-corrected chi connectivity index (χ2v) is 7.16. The molecule has 1 fully saturated rings. The fourth-order valence-electron chi connectivity index (χ4n) is 3.77. The first kappa shape index (κ1) is 19.5. The Morgan fingerprint density at radius 2 is 1.55 bits per heavy atom. The molecule has 128 valence electrons. The third kappa shape index (κ3) is 6.69. The molecule has 1 heterocycles. The van der Waals surface area contributed by atoms with Gasteiger partial charge >= 0.3 is 0 Å². The van der Waals surface area contributed by atoms with Gasteiger partial charge in [-0.25, -0.2) is 0 Å². The molecule has 0 aromatic carbocycles. The first-order chi connectivity index (χ1) is 10.6. The van der Waals surface area contributed by atoms with Crippen LogP contribution in [0.5, 0.6) is 0 Å². The highest BCUT2D eigenvalue weighted by Crippen LogP contribution is 2.25. The van der Waals surface area contributed by atoms with Gasteiger partial charge in [0.15, 0.2) is 0 Å². The molecule has 0 bridgehead atoms. The summed E-state index contributed by atoms with van der Waals surface area (Å²) in [5, 5.41) is 0. The topological polar surface area (TPSA) is 3.24 Å². The summed E-state index contributed by atoms with van der Waals surface area (Å²) in [6.45, 7) is 15.4. The summed E-state index contributed by atoms with van der Waals surface area (Å²) >= 11 is 0. The molecule has 1 aliphatic heterocycles. The van der Waals surface area contributed by atoms with Crippen LogP contribution < -0.4 is 0 Å². The lowest BCUT2D eigenvalue weighted by Gasteiger charge is -2.27. The normalized spacial score (nSPS) is 18.7. The molecular weight excluding hydrogens is 266 g/mol. The van der Waals surface area contributed by atoms with Crippen molar-refractivity contribution < 1.29 is 0 Å². The second-order valence-electron chi connectivity index (χ2n) is 7.16. The number of hydrogen-bond acceptors (Lipinski definition) is 1. The van der Waals surface area contributed by atoms with E-state index >= 15 is 0 Å². The van der Waals surface area contributed by atoms with Crippen LogP contribution in [0.2, 0.25) is 0 Å². The van der Waals surface area contributed by atoms with Gasteiger partial charge in [0.05, 0.1) is 0 Å². The molecule has 0 radical (unpaired) electrons. The zero-order chi connectivity index (χ0) is 16.4. The molecule has 0 spiro atoms. The Hall–Kier alpha value is -0.560. The zero-order valence-electron chi connectivity index (χ0n) is 15.9. The van der Waals surface area contributed by atoms with Gasteiger partial charge in [-0.1, -0.05) is 57.3 Å². The maximum atomic E-state index is 2.65. The number of nitrogens with zero attached hydrogens (tertiary/aromatic N) is 1. The lowest BCUT2D eigenvalue weighted by molar-refractivity contribution is 0.246. The van der Waals surface area contributed by atoms with E-state index in [1.807, 2.05) is 0 Å². The van der Waals surface area contributed by atoms with Crippen molar-refractivity contribution in [1.29, 1.82) is 0 Å². The van der Waals surface area contributed by atoms with Crippen molar-refractivity contribution in [1.82, 2.24) is 4.90 Å². The Bertz CT molecular complexity index is 352. The molecule has 1 rings (SSSR count). The van der Waals surface area contributed by atoms with Gasteiger partial charge in [0, 0.05) is 6.54 Å². The predicted molar refractivity (Wildman–Crippen MR) is 100 cm³/mol.